The van der Waals surface area contributed by atoms with Gasteiger partial charge in [0.15, 0.2) is 0 Å². The molecule has 0 spiro atoms. The van der Waals surface area contributed by atoms with Gasteiger partial charge in [-0.25, -0.2) is 0 Å². The van der Waals surface area contributed by atoms with E-state index in [0.717, 1.165) is 6.21 Å². The van der Waals surface area contributed by atoms with E-state index in [1.54, 1.807) is 6.07 Å². The first-order valence-electron chi connectivity index (χ1n) is 3.48. The third-order valence-electron chi connectivity index (χ3n) is 1.75. The van der Waals surface area contributed by atoms with Crippen molar-refractivity contribution in [3.8, 4) is 11.9 Å². The lowest BCUT2D eigenvalue weighted by Crippen LogP contribution is -2.13. The van der Waals surface area contributed by atoms with Crippen molar-refractivity contribution in [1.29, 1.82) is 10.7 Å². The Morgan fingerprint density at radius 3 is 2.77 bits per heavy atom. The Kier molecular flexibility index (Phi) is 2.15. The Labute approximate surface area is 73.8 Å². The zero-order valence-electron chi connectivity index (χ0n) is 6.88. The molecule has 0 saturated carbocycles. The maximum Gasteiger partial charge on any atom is 0.268 e. The maximum atomic E-state index is 11.0. The molecule has 0 aliphatic heterocycles. The molecule has 5 heteroatoms. The van der Waals surface area contributed by atoms with Crippen LogP contribution >= 0.6 is 0 Å². The standard InChI is InChI=1S/C8H7N3O2/c1-4-5(2-9)7(12)11-8(13)6(4)3-10/h2,9H,1H3,(H2,11,12,13). The lowest BCUT2D eigenvalue weighted by atomic mass is 10.1. The van der Waals surface area contributed by atoms with Crippen LogP contribution in [-0.2, 0) is 0 Å². The number of aromatic hydroxyl groups is 1. The van der Waals surface area contributed by atoms with Crippen molar-refractivity contribution < 1.29 is 5.11 Å². The minimum absolute atomic E-state index is 0.0729. The molecule has 0 bridgehead atoms. The normalized spacial score (nSPS) is 9.23. The summed E-state index contributed by atoms with van der Waals surface area (Å²) in [6.07, 6.45) is 0.890. The van der Waals surface area contributed by atoms with Crippen LogP contribution in [0.25, 0.3) is 0 Å². The van der Waals surface area contributed by atoms with Crippen LogP contribution in [0.2, 0.25) is 0 Å². The van der Waals surface area contributed by atoms with Crippen molar-refractivity contribution in [3.05, 3.63) is 27.0 Å². The fourth-order valence-corrected chi connectivity index (χ4v) is 1.03. The number of H-pyrrole nitrogens is 1. The number of aromatic amines is 1. The van der Waals surface area contributed by atoms with E-state index in [1.807, 2.05) is 0 Å². The largest absolute Gasteiger partial charge is 0.494 e. The molecular formula is C8H7N3O2. The Hall–Kier alpha value is -2.09. The van der Waals surface area contributed by atoms with Gasteiger partial charge in [-0.2, -0.15) is 5.26 Å². The van der Waals surface area contributed by atoms with Crippen molar-refractivity contribution >= 4 is 6.21 Å². The number of hydrogen-bond donors (Lipinski definition) is 3. The van der Waals surface area contributed by atoms with Crippen LogP contribution in [0.4, 0.5) is 0 Å². The van der Waals surface area contributed by atoms with Crippen molar-refractivity contribution in [2.75, 3.05) is 0 Å². The highest BCUT2D eigenvalue weighted by Crippen LogP contribution is 2.15. The molecule has 13 heavy (non-hydrogen) atoms. The fraction of sp³-hybridized carbons (Fsp3) is 0.125. The molecule has 0 saturated heterocycles. The molecule has 3 N–H and O–H groups in total. The summed E-state index contributed by atoms with van der Waals surface area (Å²) in [5.74, 6) is -0.378. The predicted molar refractivity (Wildman–Crippen MR) is 46.1 cm³/mol. The van der Waals surface area contributed by atoms with Gasteiger partial charge in [0.2, 0.25) is 5.88 Å². The van der Waals surface area contributed by atoms with E-state index in [2.05, 4.69) is 4.98 Å². The van der Waals surface area contributed by atoms with Crippen LogP contribution < -0.4 is 5.56 Å². The summed E-state index contributed by atoms with van der Waals surface area (Å²) < 4.78 is 0. The van der Waals surface area contributed by atoms with E-state index in [9.17, 15) is 9.90 Å². The third kappa shape index (κ3) is 1.29. The zero-order valence-corrected chi connectivity index (χ0v) is 6.88. The first kappa shape index (κ1) is 9.00. The predicted octanol–water partition coefficient (Wildman–Crippen LogP) is 0.258. The number of aromatic nitrogens is 1. The molecular weight excluding hydrogens is 170 g/mol. The van der Waals surface area contributed by atoms with Crippen molar-refractivity contribution in [3.63, 3.8) is 0 Å². The lowest BCUT2D eigenvalue weighted by Gasteiger charge is -2.02. The smallest absolute Gasteiger partial charge is 0.268 e. The number of hydrogen-bond acceptors (Lipinski definition) is 4. The maximum absolute atomic E-state index is 11.0. The molecule has 0 radical (unpaired) electrons. The van der Waals surface area contributed by atoms with E-state index in [1.165, 1.54) is 6.92 Å². The van der Waals surface area contributed by atoms with Gasteiger partial charge < -0.3 is 10.5 Å². The van der Waals surface area contributed by atoms with E-state index in [0.29, 0.717) is 5.56 Å². The van der Waals surface area contributed by atoms with Crippen molar-refractivity contribution in [2.45, 2.75) is 6.92 Å². The van der Waals surface area contributed by atoms with Crippen LogP contribution in [0.5, 0.6) is 5.88 Å². The second kappa shape index (κ2) is 3.11. The average molecular weight is 177 g/mol. The Bertz CT molecular complexity index is 454. The van der Waals surface area contributed by atoms with Gasteiger partial charge in [0.1, 0.15) is 11.6 Å². The summed E-state index contributed by atoms with van der Waals surface area (Å²) in [6.45, 7) is 1.51. The van der Waals surface area contributed by atoms with Gasteiger partial charge in [-0.05, 0) is 12.5 Å². The molecule has 1 aromatic rings. The molecule has 66 valence electrons. The Balaban J connectivity index is 3.70. The minimum atomic E-state index is -0.636. The second-order valence-electron chi connectivity index (χ2n) is 2.47. The Morgan fingerprint density at radius 1 is 1.69 bits per heavy atom. The molecule has 0 aromatic carbocycles. The average Bonchev–Trinajstić information content (AvgIpc) is 2.04. The van der Waals surface area contributed by atoms with Gasteiger partial charge in [-0.15, -0.1) is 0 Å². The van der Waals surface area contributed by atoms with Gasteiger partial charge in [-0.1, -0.05) is 0 Å². The summed E-state index contributed by atoms with van der Waals surface area (Å²) in [5.41, 5.74) is -0.227. The number of nitrogens with zero attached hydrogens (tertiary/aromatic N) is 1. The van der Waals surface area contributed by atoms with Crippen molar-refractivity contribution in [1.82, 2.24) is 4.98 Å². The molecule has 0 atom stereocenters. The third-order valence-corrected chi connectivity index (χ3v) is 1.75. The monoisotopic (exact) mass is 177 g/mol. The molecule has 0 unspecified atom stereocenters. The second-order valence-corrected chi connectivity index (χ2v) is 2.47. The van der Waals surface area contributed by atoms with E-state index in [-0.39, 0.29) is 17.0 Å². The van der Waals surface area contributed by atoms with E-state index in [4.69, 9.17) is 10.7 Å². The topological polar surface area (TPSA) is 101 Å². The highest BCUT2D eigenvalue weighted by Gasteiger charge is 2.11. The summed E-state index contributed by atoms with van der Waals surface area (Å²) >= 11 is 0. The molecule has 5 nitrogen and oxygen atoms in total. The van der Waals surface area contributed by atoms with Crippen LogP contribution in [0.1, 0.15) is 16.7 Å². The van der Waals surface area contributed by atoms with Crippen molar-refractivity contribution in [2.24, 2.45) is 0 Å². The van der Waals surface area contributed by atoms with Crippen LogP contribution in [0.3, 0.4) is 0 Å². The quantitative estimate of drug-likeness (QED) is 0.536. The fourth-order valence-electron chi connectivity index (χ4n) is 1.03. The summed E-state index contributed by atoms with van der Waals surface area (Å²) in [6, 6.07) is 1.71. The van der Waals surface area contributed by atoms with Gasteiger partial charge in [0.05, 0.1) is 5.56 Å². The number of rotatable bonds is 1. The molecule has 1 heterocycles. The summed E-state index contributed by atoms with van der Waals surface area (Å²) in [7, 11) is 0. The molecule has 1 rings (SSSR count). The van der Waals surface area contributed by atoms with E-state index >= 15 is 0 Å². The molecule has 1 aromatic heterocycles. The zero-order chi connectivity index (χ0) is 10.0. The van der Waals surface area contributed by atoms with E-state index < -0.39 is 5.56 Å². The number of pyridine rings is 1. The van der Waals surface area contributed by atoms with Gasteiger partial charge >= 0.3 is 0 Å². The molecule has 0 aliphatic rings. The highest BCUT2D eigenvalue weighted by atomic mass is 16.3. The Morgan fingerprint density at radius 2 is 2.31 bits per heavy atom. The first-order valence-corrected chi connectivity index (χ1v) is 3.48. The molecule has 0 amide bonds. The summed E-state index contributed by atoms with van der Waals surface area (Å²) in [4.78, 5) is 13.1. The lowest BCUT2D eigenvalue weighted by molar-refractivity contribution is 0.450. The molecule has 0 fully saturated rings. The minimum Gasteiger partial charge on any atom is -0.494 e. The number of nitriles is 1. The number of nitrogens with one attached hydrogen (secondary N) is 2. The van der Waals surface area contributed by atoms with Gasteiger partial charge in [-0.3, -0.25) is 9.78 Å². The highest BCUT2D eigenvalue weighted by molar-refractivity contribution is 5.83. The molecule has 0 aliphatic carbocycles. The van der Waals surface area contributed by atoms with Crippen LogP contribution in [-0.4, -0.2) is 16.3 Å². The van der Waals surface area contributed by atoms with Crippen LogP contribution in [0.15, 0.2) is 4.79 Å². The summed E-state index contributed by atoms with van der Waals surface area (Å²) in [5, 5.41) is 24.7. The van der Waals surface area contributed by atoms with Gasteiger partial charge in [0, 0.05) is 6.21 Å². The first-order chi connectivity index (χ1) is 6.11. The van der Waals surface area contributed by atoms with Gasteiger partial charge in [0.25, 0.3) is 5.56 Å². The van der Waals surface area contributed by atoms with Crippen LogP contribution in [0, 0.1) is 23.7 Å². The SMILES string of the molecule is Cc1c(C=N)c(O)[nH]c(=O)c1C#N.